The smallest absolute Gasteiger partial charge is 0.270 e. The molecule has 0 aliphatic carbocycles. The van der Waals surface area contributed by atoms with Gasteiger partial charge in [0.05, 0.1) is 5.69 Å². The van der Waals surface area contributed by atoms with Crippen molar-refractivity contribution in [2.45, 2.75) is 33.6 Å². The van der Waals surface area contributed by atoms with Crippen molar-refractivity contribution in [2.75, 3.05) is 6.54 Å². The van der Waals surface area contributed by atoms with Crippen molar-refractivity contribution >= 4 is 27.5 Å². The van der Waals surface area contributed by atoms with Crippen LogP contribution in [0.3, 0.4) is 0 Å². The van der Waals surface area contributed by atoms with Gasteiger partial charge in [-0.15, -0.1) is 0 Å². The zero-order chi connectivity index (χ0) is 14.0. The first kappa shape index (κ1) is 14.1. The second-order valence-corrected chi connectivity index (χ2v) is 5.61. The largest absolute Gasteiger partial charge is 0.351 e. The molecule has 0 atom stereocenters. The molecule has 2 heterocycles. The Labute approximate surface area is 121 Å². The van der Waals surface area contributed by atoms with E-state index in [1.165, 1.54) is 0 Å². The van der Waals surface area contributed by atoms with E-state index in [0.29, 0.717) is 12.2 Å². The molecule has 0 saturated heterocycles. The number of halogens is 1. The number of hydrogen-bond acceptors (Lipinski definition) is 2. The van der Waals surface area contributed by atoms with E-state index in [4.69, 9.17) is 0 Å². The van der Waals surface area contributed by atoms with E-state index in [0.717, 1.165) is 34.2 Å². The molecule has 0 saturated carbocycles. The Morgan fingerprint density at radius 2 is 2.21 bits per heavy atom. The van der Waals surface area contributed by atoms with Gasteiger partial charge < -0.3 is 5.32 Å². The van der Waals surface area contributed by atoms with Crippen LogP contribution in [0.25, 0.3) is 5.65 Å². The number of amides is 1. The van der Waals surface area contributed by atoms with Crippen LogP contribution in [0.1, 0.15) is 41.5 Å². The quantitative estimate of drug-likeness (QED) is 0.878. The van der Waals surface area contributed by atoms with Crippen molar-refractivity contribution in [1.29, 1.82) is 0 Å². The van der Waals surface area contributed by atoms with E-state index in [1.807, 2.05) is 30.5 Å². The lowest BCUT2D eigenvalue weighted by Gasteiger charge is -2.06. The fourth-order valence-corrected chi connectivity index (χ4v) is 2.67. The summed E-state index contributed by atoms with van der Waals surface area (Å²) in [6, 6.07) is 2.00. The van der Waals surface area contributed by atoms with Crippen LogP contribution >= 0.6 is 15.9 Å². The Balaban J connectivity index is 2.42. The molecule has 5 heteroatoms. The monoisotopic (exact) mass is 323 g/mol. The number of rotatable bonds is 4. The van der Waals surface area contributed by atoms with Crippen LogP contribution in [0.2, 0.25) is 0 Å². The minimum atomic E-state index is -0.0593. The number of imidazole rings is 1. The normalized spacial score (nSPS) is 10.9. The van der Waals surface area contributed by atoms with Gasteiger partial charge in [0.1, 0.15) is 11.3 Å². The highest BCUT2D eigenvalue weighted by Crippen LogP contribution is 2.20. The highest BCUT2D eigenvalue weighted by atomic mass is 79.9. The van der Waals surface area contributed by atoms with E-state index < -0.39 is 0 Å². The summed E-state index contributed by atoms with van der Waals surface area (Å²) < 4.78 is 2.80. The molecule has 0 spiro atoms. The summed E-state index contributed by atoms with van der Waals surface area (Å²) in [5.74, 6) is -0.0593. The van der Waals surface area contributed by atoms with Gasteiger partial charge in [0, 0.05) is 17.2 Å². The number of hydrogen-bond donors (Lipinski definition) is 1. The molecular formula is C14H18BrN3O. The molecule has 2 aromatic heterocycles. The number of aromatic nitrogens is 2. The van der Waals surface area contributed by atoms with Crippen molar-refractivity contribution < 1.29 is 4.79 Å². The molecule has 2 rings (SSSR count). The van der Waals surface area contributed by atoms with Crippen LogP contribution in [0.4, 0.5) is 0 Å². The lowest BCUT2D eigenvalue weighted by molar-refractivity contribution is 0.0946. The average Bonchev–Trinajstić information content (AvgIpc) is 2.66. The molecule has 0 aromatic carbocycles. The van der Waals surface area contributed by atoms with Crippen LogP contribution in [0.15, 0.2) is 16.7 Å². The van der Waals surface area contributed by atoms with Gasteiger partial charge in [0.2, 0.25) is 0 Å². The zero-order valence-electron chi connectivity index (χ0n) is 11.5. The number of aryl methyl sites for hydroxylation is 2. The van der Waals surface area contributed by atoms with Crippen molar-refractivity contribution in [3.63, 3.8) is 0 Å². The number of unbranched alkanes of at least 4 members (excludes halogenated alkanes) is 1. The lowest BCUT2D eigenvalue weighted by Crippen LogP contribution is -2.26. The van der Waals surface area contributed by atoms with Crippen LogP contribution in [-0.4, -0.2) is 21.8 Å². The van der Waals surface area contributed by atoms with Crippen LogP contribution < -0.4 is 5.32 Å². The van der Waals surface area contributed by atoms with Gasteiger partial charge in [0.25, 0.3) is 5.91 Å². The maximum Gasteiger partial charge on any atom is 0.270 e. The number of carbonyl (C=O) groups excluding carboxylic acids is 1. The summed E-state index contributed by atoms with van der Waals surface area (Å²) in [6.07, 6.45) is 3.94. The number of carbonyl (C=O) groups is 1. The first-order valence-electron chi connectivity index (χ1n) is 6.47. The molecule has 2 aromatic rings. The summed E-state index contributed by atoms with van der Waals surface area (Å²) in [4.78, 5) is 16.7. The molecule has 0 radical (unpaired) electrons. The molecule has 0 aliphatic heterocycles. The summed E-state index contributed by atoms with van der Waals surface area (Å²) >= 11 is 3.46. The molecule has 0 unspecified atom stereocenters. The van der Waals surface area contributed by atoms with Crippen molar-refractivity contribution in [1.82, 2.24) is 14.7 Å². The fourth-order valence-electron chi connectivity index (χ4n) is 2.12. The molecule has 0 bridgehead atoms. The first-order chi connectivity index (χ1) is 9.04. The molecular weight excluding hydrogens is 306 g/mol. The topological polar surface area (TPSA) is 46.4 Å². The number of pyridine rings is 1. The van der Waals surface area contributed by atoms with Gasteiger partial charge in [-0.05, 0) is 47.8 Å². The van der Waals surface area contributed by atoms with Gasteiger partial charge >= 0.3 is 0 Å². The Morgan fingerprint density at radius 3 is 2.89 bits per heavy atom. The number of nitrogens with zero attached hydrogens (tertiary/aromatic N) is 2. The van der Waals surface area contributed by atoms with Gasteiger partial charge in [0.15, 0.2) is 0 Å². The van der Waals surface area contributed by atoms with E-state index >= 15 is 0 Å². The highest BCUT2D eigenvalue weighted by Gasteiger charge is 2.17. The van der Waals surface area contributed by atoms with Crippen LogP contribution in [0, 0.1) is 13.8 Å². The third-order valence-electron chi connectivity index (χ3n) is 3.08. The Bertz CT molecular complexity index is 619. The molecule has 1 N–H and O–H groups in total. The SMILES string of the molecule is CCCCNC(=O)c1c(C)nc2c(C)cc(Br)cn12. The standard InChI is InChI=1S/C14H18BrN3O/c1-4-5-6-16-14(19)12-10(3)17-13-9(2)7-11(15)8-18(12)13/h7-8H,4-6H2,1-3H3,(H,16,19). The zero-order valence-corrected chi connectivity index (χ0v) is 13.0. The Hall–Kier alpha value is -1.36. The van der Waals surface area contributed by atoms with Crippen LogP contribution in [0.5, 0.6) is 0 Å². The molecule has 102 valence electrons. The van der Waals surface area contributed by atoms with Gasteiger partial charge in [-0.2, -0.15) is 0 Å². The Morgan fingerprint density at radius 1 is 1.47 bits per heavy atom. The second-order valence-electron chi connectivity index (χ2n) is 4.69. The molecule has 1 amide bonds. The first-order valence-corrected chi connectivity index (χ1v) is 7.27. The van der Waals surface area contributed by atoms with Crippen molar-refractivity contribution in [3.05, 3.63) is 33.7 Å². The Kier molecular flexibility index (Phi) is 4.24. The van der Waals surface area contributed by atoms with Crippen molar-refractivity contribution in [3.8, 4) is 0 Å². The minimum absolute atomic E-state index is 0.0593. The third kappa shape index (κ3) is 2.81. The predicted octanol–water partition coefficient (Wildman–Crippen LogP) is 3.24. The summed E-state index contributed by atoms with van der Waals surface area (Å²) in [7, 11) is 0. The maximum absolute atomic E-state index is 12.3. The lowest BCUT2D eigenvalue weighted by atomic mass is 10.3. The van der Waals surface area contributed by atoms with E-state index in [-0.39, 0.29) is 5.91 Å². The van der Waals surface area contributed by atoms with Gasteiger partial charge in [-0.1, -0.05) is 13.3 Å². The molecule has 0 fully saturated rings. The number of fused-ring (bicyclic) bond motifs is 1. The summed E-state index contributed by atoms with van der Waals surface area (Å²) in [5.41, 5.74) is 3.26. The number of nitrogens with one attached hydrogen (secondary N) is 1. The predicted molar refractivity (Wildman–Crippen MR) is 79.6 cm³/mol. The third-order valence-corrected chi connectivity index (χ3v) is 3.51. The molecule has 19 heavy (non-hydrogen) atoms. The van der Waals surface area contributed by atoms with Crippen molar-refractivity contribution in [2.24, 2.45) is 0 Å². The average molecular weight is 324 g/mol. The maximum atomic E-state index is 12.3. The van der Waals surface area contributed by atoms with E-state index in [1.54, 1.807) is 0 Å². The van der Waals surface area contributed by atoms with Crippen LogP contribution in [-0.2, 0) is 0 Å². The van der Waals surface area contributed by atoms with E-state index in [2.05, 4.69) is 33.2 Å². The summed E-state index contributed by atoms with van der Waals surface area (Å²) in [6.45, 7) is 6.67. The van der Waals surface area contributed by atoms with Gasteiger partial charge in [-0.25, -0.2) is 4.98 Å². The molecule has 0 aliphatic rings. The summed E-state index contributed by atoms with van der Waals surface area (Å²) in [5, 5.41) is 2.94. The minimum Gasteiger partial charge on any atom is -0.351 e. The van der Waals surface area contributed by atoms with Gasteiger partial charge in [-0.3, -0.25) is 9.20 Å². The molecule has 4 nitrogen and oxygen atoms in total. The highest BCUT2D eigenvalue weighted by molar-refractivity contribution is 9.10. The fraction of sp³-hybridized carbons (Fsp3) is 0.429. The van der Waals surface area contributed by atoms with E-state index in [9.17, 15) is 4.79 Å². The second kappa shape index (κ2) is 5.74.